The van der Waals surface area contributed by atoms with Crippen LogP contribution in [-0.4, -0.2) is 21.4 Å². The molecule has 3 rings (SSSR count). The number of nitrogens with one attached hydrogen (secondary N) is 1. The average molecular weight is 369 g/mol. The lowest BCUT2D eigenvalue weighted by atomic mass is 9.78. The molecule has 1 aliphatic carbocycles. The van der Waals surface area contributed by atoms with Crippen molar-refractivity contribution in [1.29, 1.82) is 0 Å². The van der Waals surface area contributed by atoms with Crippen molar-refractivity contribution >= 4 is 44.3 Å². The van der Waals surface area contributed by atoms with Crippen molar-refractivity contribution in [3.05, 3.63) is 29.0 Å². The summed E-state index contributed by atoms with van der Waals surface area (Å²) in [4.78, 5) is 8.90. The number of hydrogen-bond acceptors (Lipinski definition) is 3. The van der Waals surface area contributed by atoms with E-state index in [4.69, 9.17) is 11.6 Å². The number of alkyl halides is 1. The lowest BCUT2D eigenvalue weighted by molar-refractivity contribution is 0.287. The van der Waals surface area contributed by atoms with Crippen molar-refractivity contribution in [3.8, 4) is 0 Å². The van der Waals surface area contributed by atoms with Crippen LogP contribution < -0.4 is 5.32 Å². The maximum Gasteiger partial charge on any atom is 0.112 e. The van der Waals surface area contributed by atoms with E-state index in [1.807, 2.05) is 24.5 Å². The summed E-state index contributed by atoms with van der Waals surface area (Å²) in [6, 6.07) is 3.99. The van der Waals surface area contributed by atoms with Crippen LogP contribution in [0.1, 0.15) is 32.6 Å². The van der Waals surface area contributed by atoms with E-state index in [0.717, 1.165) is 40.0 Å². The van der Waals surface area contributed by atoms with Crippen LogP contribution in [0.3, 0.4) is 0 Å². The second-order valence-corrected chi connectivity index (χ2v) is 7.28. The molecule has 0 radical (unpaired) electrons. The Balaban J connectivity index is 1.93. The van der Waals surface area contributed by atoms with Gasteiger partial charge in [-0.15, -0.1) is 11.6 Å². The van der Waals surface area contributed by atoms with Crippen LogP contribution in [0.4, 0.5) is 5.69 Å². The number of anilines is 1. The molecule has 0 atom stereocenters. The number of pyridine rings is 2. The smallest absolute Gasteiger partial charge is 0.112 e. The third-order valence-corrected chi connectivity index (χ3v) is 5.38. The highest BCUT2D eigenvalue weighted by atomic mass is 79.9. The average Bonchev–Trinajstić information content (AvgIpc) is 2.50. The van der Waals surface area contributed by atoms with Crippen molar-refractivity contribution < 1.29 is 0 Å². The van der Waals surface area contributed by atoms with E-state index in [0.29, 0.717) is 5.88 Å². The Morgan fingerprint density at radius 2 is 2.14 bits per heavy atom. The first-order chi connectivity index (χ1) is 10.1. The summed E-state index contributed by atoms with van der Waals surface area (Å²) in [7, 11) is 0. The lowest BCUT2D eigenvalue weighted by Crippen LogP contribution is -2.43. The first kappa shape index (κ1) is 15.0. The van der Waals surface area contributed by atoms with Gasteiger partial charge in [-0.3, -0.25) is 9.97 Å². The van der Waals surface area contributed by atoms with Crippen molar-refractivity contribution in [1.82, 2.24) is 9.97 Å². The van der Waals surface area contributed by atoms with Gasteiger partial charge in [0.1, 0.15) is 5.52 Å². The molecule has 0 amide bonds. The Morgan fingerprint density at radius 3 is 2.86 bits per heavy atom. The lowest BCUT2D eigenvalue weighted by Gasteiger charge is -2.39. The Morgan fingerprint density at radius 1 is 1.38 bits per heavy atom. The van der Waals surface area contributed by atoms with Crippen LogP contribution in [0, 0.1) is 5.92 Å². The van der Waals surface area contributed by atoms with E-state index in [2.05, 4.69) is 38.1 Å². The predicted octanol–water partition coefficient (Wildman–Crippen LogP) is 4.99. The number of hydrogen-bond donors (Lipinski definition) is 1. The van der Waals surface area contributed by atoms with Crippen LogP contribution in [0.25, 0.3) is 11.0 Å². The first-order valence-corrected chi connectivity index (χ1v) is 8.69. The van der Waals surface area contributed by atoms with Crippen LogP contribution in [-0.2, 0) is 0 Å². The molecule has 2 heterocycles. The molecule has 2 aromatic rings. The predicted molar refractivity (Wildman–Crippen MR) is 91.9 cm³/mol. The molecule has 0 spiro atoms. The van der Waals surface area contributed by atoms with Crippen molar-refractivity contribution in [2.75, 3.05) is 11.2 Å². The molecule has 1 saturated carbocycles. The largest absolute Gasteiger partial charge is 0.377 e. The summed E-state index contributed by atoms with van der Waals surface area (Å²) in [5.74, 6) is 1.42. The monoisotopic (exact) mass is 367 g/mol. The zero-order chi connectivity index (χ0) is 14.9. The molecule has 1 N–H and O–H groups in total. The SMILES string of the molecule is CC1CCC(CCl)(Nc2ccnc3cc(Br)cnc23)CC1. The number of fused-ring (bicyclic) bond motifs is 1. The molecular formula is C16H19BrClN3. The summed E-state index contributed by atoms with van der Waals surface area (Å²) >= 11 is 9.75. The van der Waals surface area contributed by atoms with E-state index in [1.165, 1.54) is 12.8 Å². The van der Waals surface area contributed by atoms with Gasteiger partial charge in [-0.1, -0.05) is 6.92 Å². The Kier molecular flexibility index (Phi) is 4.36. The maximum absolute atomic E-state index is 6.31. The fourth-order valence-electron chi connectivity index (χ4n) is 3.00. The molecule has 0 aliphatic heterocycles. The van der Waals surface area contributed by atoms with Gasteiger partial charge in [-0.2, -0.15) is 0 Å². The molecule has 0 bridgehead atoms. The number of aromatic nitrogens is 2. The molecule has 0 aromatic carbocycles. The van der Waals surface area contributed by atoms with Gasteiger partial charge in [0.05, 0.1) is 16.7 Å². The summed E-state index contributed by atoms with van der Waals surface area (Å²) < 4.78 is 0.943. The molecule has 1 fully saturated rings. The van der Waals surface area contributed by atoms with E-state index in [9.17, 15) is 0 Å². The molecule has 112 valence electrons. The fraction of sp³-hybridized carbons (Fsp3) is 0.500. The van der Waals surface area contributed by atoms with Crippen molar-refractivity contribution in [2.24, 2.45) is 5.92 Å². The maximum atomic E-state index is 6.31. The zero-order valence-electron chi connectivity index (χ0n) is 12.1. The Labute approximate surface area is 138 Å². The number of halogens is 2. The van der Waals surface area contributed by atoms with Gasteiger partial charge >= 0.3 is 0 Å². The molecule has 0 unspecified atom stereocenters. The minimum Gasteiger partial charge on any atom is -0.377 e. The first-order valence-electron chi connectivity index (χ1n) is 7.36. The topological polar surface area (TPSA) is 37.8 Å². The summed E-state index contributed by atoms with van der Waals surface area (Å²) in [6.45, 7) is 2.32. The third kappa shape index (κ3) is 3.16. The zero-order valence-corrected chi connectivity index (χ0v) is 14.4. The van der Waals surface area contributed by atoms with E-state index in [1.54, 1.807) is 0 Å². The Hall–Kier alpha value is -0.870. The van der Waals surface area contributed by atoms with Crippen LogP contribution >= 0.6 is 27.5 Å². The highest BCUT2D eigenvalue weighted by Gasteiger charge is 2.33. The van der Waals surface area contributed by atoms with E-state index >= 15 is 0 Å². The minimum atomic E-state index is -0.0168. The van der Waals surface area contributed by atoms with Gasteiger partial charge in [0.2, 0.25) is 0 Å². The third-order valence-electron chi connectivity index (χ3n) is 4.43. The van der Waals surface area contributed by atoms with E-state index < -0.39 is 0 Å². The standard InChI is InChI=1S/C16H19BrClN3/c1-11-2-5-16(10-18,6-3-11)21-13-4-7-19-14-8-12(17)9-20-15(13)14/h4,7-9,11H,2-3,5-6,10H2,1H3,(H,19,21). The van der Waals surface area contributed by atoms with Gasteiger partial charge in [0.25, 0.3) is 0 Å². The second kappa shape index (κ2) is 6.09. The molecule has 2 aromatic heterocycles. The minimum absolute atomic E-state index is 0.0168. The number of nitrogens with zero attached hydrogens (tertiary/aromatic N) is 2. The second-order valence-electron chi connectivity index (χ2n) is 6.10. The summed E-state index contributed by atoms with van der Waals surface area (Å²) in [6.07, 6.45) is 8.30. The van der Waals surface area contributed by atoms with Gasteiger partial charge in [0.15, 0.2) is 0 Å². The van der Waals surface area contributed by atoms with Crippen LogP contribution in [0.2, 0.25) is 0 Å². The molecule has 21 heavy (non-hydrogen) atoms. The molecule has 0 saturated heterocycles. The van der Waals surface area contributed by atoms with E-state index in [-0.39, 0.29) is 5.54 Å². The molecule has 1 aliphatic rings. The Bertz CT molecular complexity index is 638. The highest BCUT2D eigenvalue weighted by Crippen LogP contribution is 2.36. The van der Waals surface area contributed by atoms with Crippen LogP contribution in [0.15, 0.2) is 29.0 Å². The number of rotatable bonds is 3. The normalized spacial score (nSPS) is 26.0. The summed E-state index contributed by atoms with van der Waals surface area (Å²) in [5, 5.41) is 3.68. The van der Waals surface area contributed by atoms with Gasteiger partial charge in [-0.05, 0) is 59.7 Å². The van der Waals surface area contributed by atoms with Gasteiger partial charge in [0, 0.05) is 22.7 Å². The van der Waals surface area contributed by atoms with Gasteiger partial charge in [-0.25, -0.2) is 0 Å². The molecule has 3 nitrogen and oxygen atoms in total. The van der Waals surface area contributed by atoms with Gasteiger partial charge < -0.3 is 5.32 Å². The molecule has 5 heteroatoms. The quantitative estimate of drug-likeness (QED) is 0.775. The highest BCUT2D eigenvalue weighted by molar-refractivity contribution is 9.10. The molecular weight excluding hydrogens is 350 g/mol. The summed E-state index contributed by atoms with van der Waals surface area (Å²) in [5.41, 5.74) is 2.81. The fourth-order valence-corrected chi connectivity index (χ4v) is 3.65. The van der Waals surface area contributed by atoms with Crippen LogP contribution in [0.5, 0.6) is 0 Å². The van der Waals surface area contributed by atoms with Crippen molar-refractivity contribution in [2.45, 2.75) is 38.1 Å². The van der Waals surface area contributed by atoms with Crippen molar-refractivity contribution in [3.63, 3.8) is 0 Å².